The molecule has 0 spiro atoms. The van der Waals surface area contributed by atoms with Crippen molar-refractivity contribution in [1.29, 1.82) is 0 Å². The number of aromatic nitrogens is 1. The van der Waals surface area contributed by atoms with Gasteiger partial charge < -0.3 is 20.7 Å². The molecule has 7 nitrogen and oxygen atoms in total. The molecule has 0 unspecified atom stereocenters. The lowest BCUT2D eigenvalue weighted by Gasteiger charge is -2.14. The van der Waals surface area contributed by atoms with Crippen molar-refractivity contribution in [3.8, 4) is 11.6 Å². The molecule has 0 aliphatic heterocycles. The number of carbonyl (C=O) groups excluding carboxylic acids is 1. The van der Waals surface area contributed by atoms with Crippen LogP contribution in [0, 0.1) is 5.82 Å². The maximum absolute atomic E-state index is 13.4. The molecule has 2 aromatic carbocycles. The third kappa shape index (κ3) is 8.01. The lowest BCUT2D eigenvalue weighted by molar-refractivity contribution is 0.0963. The molecule has 3 rings (SSSR count). The fourth-order valence-electron chi connectivity index (χ4n) is 3.03. The number of hydrogen-bond acceptors (Lipinski definition) is 4. The van der Waals surface area contributed by atoms with Gasteiger partial charge >= 0.3 is 0 Å². The number of pyridine rings is 1. The molecule has 3 N–H and O–H groups in total. The molecule has 0 aliphatic rings. The second-order valence-electron chi connectivity index (χ2n) is 6.91. The molecule has 1 aromatic heterocycles. The predicted octanol–water partition coefficient (Wildman–Crippen LogP) is 3.90. The third-order valence-electron chi connectivity index (χ3n) is 4.65. The van der Waals surface area contributed by atoms with E-state index in [0.717, 1.165) is 17.5 Å². The maximum Gasteiger partial charge on any atom is 0.251 e. The van der Waals surface area contributed by atoms with Crippen molar-refractivity contribution in [3.05, 3.63) is 89.4 Å². The Morgan fingerprint density at radius 3 is 2.67 bits per heavy atom. The summed E-state index contributed by atoms with van der Waals surface area (Å²) in [6, 6.07) is 17.1. The summed E-state index contributed by atoms with van der Waals surface area (Å²) in [5.41, 5.74) is 2.49. The molecular weight excluding hydrogens is 536 g/mol. The van der Waals surface area contributed by atoms with E-state index in [2.05, 4.69) is 25.9 Å². The first-order valence-electron chi connectivity index (χ1n) is 10.2. The van der Waals surface area contributed by atoms with Crippen LogP contribution in [-0.4, -0.2) is 37.5 Å². The van der Waals surface area contributed by atoms with Crippen molar-refractivity contribution >= 4 is 35.8 Å². The Hall–Kier alpha value is -3.21. The fraction of sp³-hybridized carbons (Fsp3) is 0.208. The lowest BCUT2D eigenvalue weighted by atomic mass is 10.1. The van der Waals surface area contributed by atoms with Gasteiger partial charge in [-0.2, -0.15) is 0 Å². The molecule has 0 aliphatic carbocycles. The van der Waals surface area contributed by atoms with E-state index < -0.39 is 0 Å². The van der Waals surface area contributed by atoms with Crippen molar-refractivity contribution < 1.29 is 13.9 Å². The number of carbonyl (C=O) groups is 1. The fourth-order valence-corrected chi connectivity index (χ4v) is 3.03. The van der Waals surface area contributed by atoms with E-state index in [1.165, 1.54) is 12.1 Å². The summed E-state index contributed by atoms with van der Waals surface area (Å²) in [4.78, 5) is 20.3. The van der Waals surface area contributed by atoms with Gasteiger partial charge in [-0.1, -0.05) is 24.3 Å². The van der Waals surface area contributed by atoms with Crippen molar-refractivity contribution in [2.45, 2.75) is 13.0 Å². The first kappa shape index (κ1) is 26.0. The van der Waals surface area contributed by atoms with Crippen molar-refractivity contribution in [1.82, 2.24) is 20.9 Å². The van der Waals surface area contributed by atoms with Gasteiger partial charge in [0.2, 0.25) is 5.88 Å². The Morgan fingerprint density at radius 2 is 1.91 bits per heavy atom. The number of aliphatic imine (C=N–C) groups is 1. The Morgan fingerprint density at radius 1 is 1.09 bits per heavy atom. The van der Waals surface area contributed by atoms with Crippen LogP contribution in [0.25, 0.3) is 0 Å². The zero-order valence-electron chi connectivity index (χ0n) is 18.5. The highest BCUT2D eigenvalue weighted by Gasteiger charge is 2.08. The van der Waals surface area contributed by atoms with Crippen LogP contribution in [0.5, 0.6) is 11.6 Å². The summed E-state index contributed by atoms with van der Waals surface area (Å²) in [6.07, 6.45) is 2.35. The lowest BCUT2D eigenvalue weighted by Crippen LogP contribution is -2.38. The molecule has 0 saturated carbocycles. The molecule has 0 fully saturated rings. The minimum absolute atomic E-state index is 0. The first-order chi connectivity index (χ1) is 15.6. The Kier molecular flexibility index (Phi) is 10.5. The number of guanidine groups is 1. The van der Waals surface area contributed by atoms with Crippen LogP contribution in [0.4, 0.5) is 4.39 Å². The van der Waals surface area contributed by atoms with Gasteiger partial charge in [0.25, 0.3) is 5.91 Å². The summed E-state index contributed by atoms with van der Waals surface area (Å²) < 4.78 is 19.2. The molecular formula is C24H27FIN5O2. The largest absolute Gasteiger partial charge is 0.439 e. The Labute approximate surface area is 209 Å². The zero-order chi connectivity index (χ0) is 22.8. The van der Waals surface area contributed by atoms with E-state index in [1.807, 2.05) is 30.3 Å². The smallest absolute Gasteiger partial charge is 0.251 e. The summed E-state index contributed by atoms with van der Waals surface area (Å²) >= 11 is 0. The van der Waals surface area contributed by atoms with Crippen LogP contribution in [0.3, 0.4) is 0 Å². The normalized spacial score (nSPS) is 10.7. The van der Waals surface area contributed by atoms with Gasteiger partial charge in [0.15, 0.2) is 5.96 Å². The highest BCUT2D eigenvalue weighted by atomic mass is 127. The topological polar surface area (TPSA) is 87.6 Å². The average molecular weight is 563 g/mol. The van der Waals surface area contributed by atoms with Gasteiger partial charge in [0, 0.05) is 50.6 Å². The molecule has 0 bridgehead atoms. The number of amides is 1. The zero-order valence-corrected chi connectivity index (χ0v) is 20.8. The van der Waals surface area contributed by atoms with Gasteiger partial charge in [0.05, 0.1) is 0 Å². The minimum Gasteiger partial charge on any atom is -0.439 e. The van der Waals surface area contributed by atoms with Crippen molar-refractivity contribution in [3.63, 3.8) is 0 Å². The van der Waals surface area contributed by atoms with Crippen molar-refractivity contribution in [2.75, 3.05) is 20.6 Å². The molecule has 1 heterocycles. The number of hydrogen-bond donors (Lipinski definition) is 3. The number of rotatable bonds is 8. The molecule has 0 saturated heterocycles. The van der Waals surface area contributed by atoms with Crippen LogP contribution >= 0.6 is 24.0 Å². The highest BCUT2D eigenvalue weighted by molar-refractivity contribution is 14.0. The van der Waals surface area contributed by atoms with Crippen LogP contribution in [0.2, 0.25) is 0 Å². The molecule has 1 amide bonds. The Balaban J connectivity index is 0.00000385. The molecule has 3 aromatic rings. The number of nitrogens with one attached hydrogen (secondary N) is 3. The number of ether oxygens (including phenoxy) is 1. The first-order valence-corrected chi connectivity index (χ1v) is 10.2. The third-order valence-corrected chi connectivity index (χ3v) is 4.65. The van der Waals surface area contributed by atoms with Crippen LogP contribution in [0.1, 0.15) is 21.5 Å². The quantitative estimate of drug-likeness (QED) is 0.220. The van der Waals surface area contributed by atoms with Crippen LogP contribution < -0.4 is 20.7 Å². The van der Waals surface area contributed by atoms with Gasteiger partial charge in [0.1, 0.15) is 11.6 Å². The van der Waals surface area contributed by atoms with E-state index in [-0.39, 0.29) is 35.7 Å². The van der Waals surface area contributed by atoms with Crippen molar-refractivity contribution in [2.24, 2.45) is 4.99 Å². The molecule has 9 heteroatoms. The number of halogens is 2. The SMILES string of the molecule is CN=C(NCCc1cccc(C(=O)NC)c1)NCc1cccnc1Oc1cccc(F)c1.I. The molecule has 174 valence electrons. The van der Waals surface area contributed by atoms with Crippen LogP contribution in [-0.2, 0) is 13.0 Å². The van der Waals surface area contributed by atoms with Gasteiger partial charge in [-0.05, 0) is 42.3 Å². The van der Waals surface area contributed by atoms with E-state index in [1.54, 1.807) is 38.5 Å². The maximum atomic E-state index is 13.4. The van der Waals surface area contributed by atoms with E-state index >= 15 is 0 Å². The van der Waals surface area contributed by atoms with Gasteiger partial charge in [-0.15, -0.1) is 24.0 Å². The summed E-state index contributed by atoms with van der Waals surface area (Å²) in [5.74, 6) is 0.917. The average Bonchev–Trinajstić information content (AvgIpc) is 2.82. The van der Waals surface area contributed by atoms with E-state index in [9.17, 15) is 9.18 Å². The molecule has 0 atom stereocenters. The van der Waals surface area contributed by atoms with Crippen LogP contribution in [0.15, 0.2) is 71.9 Å². The van der Waals surface area contributed by atoms with E-state index in [4.69, 9.17) is 4.74 Å². The summed E-state index contributed by atoms with van der Waals surface area (Å²) in [5, 5.41) is 9.11. The standard InChI is InChI=1S/C24H26FN5O2.HI/c1-26-22(31)18-7-3-6-17(14-18)11-13-29-24(27-2)30-16-19-8-5-12-28-23(19)32-21-10-4-9-20(25)15-21;/h3-10,12,14-15H,11,13,16H2,1-2H3,(H,26,31)(H2,27,29,30);1H. The monoisotopic (exact) mass is 563 g/mol. The van der Waals surface area contributed by atoms with E-state index in [0.29, 0.717) is 36.2 Å². The van der Waals surface area contributed by atoms with Gasteiger partial charge in [-0.3, -0.25) is 9.79 Å². The second-order valence-corrected chi connectivity index (χ2v) is 6.91. The highest BCUT2D eigenvalue weighted by Crippen LogP contribution is 2.23. The predicted molar refractivity (Wildman–Crippen MR) is 138 cm³/mol. The Bertz CT molecular complexity index is 1090. The minimum atomic E-state index is -0.372. The number of nitrogens with zero attached hydrogens (tertiary/aromatic N) is 2. The number of benzene rings is 2. The second kappa shape index (κ2) is 13.4. The molecule has 33 heavy (non-hydrogen) atoms. The summed E-state index contributed by atoms with van der Waals surface area (Å²) in [7, 11) is 3.30. The van der Waals surface area contributed by atoms with Gasteiger partial charge in [-0.25, -0.2) is 9.37 Å². The molecule has 0 radical (unpaired) electrons. The summed E-state index contributed by atoms with van der Waals surface area (Å²) in [6.45, 7) is 1.06.